The van der Waals surface area contributed by atoms with Gasteiger partial charge in [0.1, 0.15) is 0 Å². The molecule has 1 saturated heterocycles. The molecule has 1 fully saturated rings. The van der Waals surface area contributed by atoms with E-state index in [-0.39, 0.29) is 16.8 Å². The summed E-state index contributed by atoms with van der Waals surface area (Å²) in [5, 5.41) is 2.80. The molecular weight excluding hydrogens is 374 g/mol. The van der Waals surface area contributed by atoms with Crippen molar-refractivity contribution >= 4 is 21.6 Å². The fourth-order valence-electron chi connectivity index (χ4n) is 3.34. The van der Waals surface area contributed by atoms with Gasteiger partial charge < -0.3 is 10.2 Å². The number of carbonyl (C=O) groups is 1. The van der Waals surface area contributed by atoms with Crippen LogP contribution in [0.5, 0.6) is 0 Å². The fourth-order valence-corrected chi connectivity index (χ4v) is 4.76. The van der Waals surface area contributed by atoms with Gasteiger partial charge in [0.25, 0.3) is 5.91 Å². The lowest BCUT2D eigenvalue weighted by Crippen LogP contribution is -2.44. The van der Waals surface area contributed by atoms with E-state index in [9.17, 15) is 13.2 Å². The number of nitrogens with one attached hydrogen (secondary N) is 1. The Morgan fingerprint density at radius 1 is 1.04 bits per heavy atom. The number of benzene rings is 2. The Balaban J connectivity index is 1.69. The van der Waals surface area contributed by atoms with Gasteiger partial charge in [-0.25, -0.2) is 8.42 Å². The van der Waals surface area contributed by atoms with Crippen LogP contribution in [0.1, 0.15) is 28.8 Å². The third-order valence-electron chi connectivity index (χ3n) is 5.31. The standard InChI is InChI=1S/C21H27N3O3S/c1-16-4-6-17(7-5-16)21(25)22-18-8-10-20(11-9-18)28(26,27)24(3)19-12-14-23(2)15-13-19/h4-11,19H,12-15H2,1-3H3,(H,22,25). The summed E-state index contributed by atoms with van der Waals surface area (Å²) >= 11 is 0. The molecule has 0 saturated carbocycles. The van der Waals surface area contributed by atoms with Crippen molar-refractivity contribution in [1.82, 2.24) is 9.21 Å². The van der Waals surface area contributed by atoms with E-state index < -0.39 is 10.0 Å². The Morgan fingerprint density at radius 2 is 1.61 bits per heavy atom. The van der Waals surface area contributed by atoms with E-state index in [1.54, 1.807) is 43.4 Å². The third-order valence-corrected chi connectivity index (χ3v) is 7.23. The van der Waals surface area contributed by atoms with Crippen LogP contribution in [0.4, 0.5) is 5.69 Å². The van der Waals surface area contributed by atoms with Gasteiger partial charge in [-0.3, -0.25) is 4.79 Å². The second-order valence-electron chi connectivity index (χ2n) is 7.40. The zero-order valence-electron chi connectivity index (χ0n) is 16.6. The highest BCUT2D eigenvalue weighted by Gasteiger charge is 2.30. The van der Waals surface area contributed by atoms with Crippen molar-refractivity contribution in [2.45, 2.75) is 30.7 Å². The quantitative estimate of drug-likeness (QED) is 0.836. The van der Waals surface area contributed by atoms with Gasteiger partial charge in [0.2, 0.25) is 10.0 Å². The molecule has 0 spiro atoms. The summed E-state index contributed by atoms with van der Waals surface area (Å²) in [4.78, 5) is 14.8. The first-order valence-corrected chi connectivity index (χ1v) is 10.9. The van der Waals surface area contributed by atoms with E-state index in [0.717, 1.165) is 31.5 Å². The van der Waals surface area contributed by atoms with Crippen LogP contribution in [0.2, 0.25) is 0 Å². The van der Waals surface area contributed by atoms with Gasteiger partial charge in [0, 0.05) is 24.3 Å². The number of hydrogen-bond donors (Lipinski definition) is 1. The number of aryl methyl sites for hydroxylation is 1. The van der Waals surface area contributed by atoms with Crippen LogP contribution in [0.25, 0.3) is 0 Å². The van der Waals surface area contributed by atoms with E-state index in [0.29, 0.717) is 11.3 Å². The molecule has 0 atom stereocenters. The maximum atomic E-state index is 12.9. The third kappa shape index (κ3) is 4.60. The number of piperidine rings is 1. The summed E-state index contributed by atoms with van der Waals surface area (Å²) in [6.07, 6.45) is 1.66. The van der Waals surface area contributed by atoms with Crippen molar-refractivity contribution < 1.29 is 13.2 Å². The highest BCUT2D eigenvalue weighted by molar-refractivity contribution is 7.89. The highest BCUT2D eigenvalue weighted by atomic mass is 32.2. The second-order valence-corrected chi connectivity index (χ2v) is 9.40. The average Bonchev–Trinajstić information content (AvgIpc) is 2.69. The zero-order valence-corrected chi connectivity index (χ0v) is 17.4. The normalized spacial score (nSPS) is 16.3. The fraction of sp³-hybridized carbons (Fsp3) is 0.381. The maximum Gasteiger partial charge on any atom is 0.255 e. The van der Waals surface area contributed by atoms with Gasteiger partial charge in [-0.15, -0.1) is 0 Å². The highest BCUT2D eigenvalue weighted by Crippen LogP contribution is 2.23. The number of amides is 1. The molecule has 2 aromatic carbocycles. The second kappa shape index (κ2) is 8.43. The number of rotatable bonds is 5. The van der Waals surface area contributed by atoms with E-state index in [1.807, 2.05) is 26.1 Å². The van der Waals surface area contributed by atoms with Gasteiger partial charge >= 0.3 is 0 Å². The zero-order chi connectivity index (χ0) is 20.3. The molecule has 0 radical (unpaired) electrons. The smallest absolute Gasteiger partial charge is 0.255 e. The van der Waals surface area contributed by atoms with Crippen LogP contribution in [-0.4, -0.2) is 56.8 Å². The van der Waals surface area contributed by atoms with Crippen molar-refractivity contribution in [2.75, 3.05) is 32.5 Å². The van der Waals surface area contributed by atoms with Crippen LogP contribution < -0.4 is 5.32 Å². The average molecular weight is 402 g/mol. The predicted molar refractivity (Wildman–Crippen MR) is 111 cm³/mol. The monoisotopic (exact) mass is 401 g/mol. The minimum Gasteiger partial charge on any atom is -0.322 e. The first-order chi connectivity index (χ1) is 13.3. The number of likely N-dealkylation sites (tertiary alicyclic amines) is 1. The topological polar surface area (TPSA) is 69.7 Å². The van der Waals surface area contributed by atoms with Gasteiger partial charge in [0.05, 0.1) is 4.90 Å². The lowest BCUT2D eigenvalue weighted by molar-refractivity contribution is 0.102. The Hall–Kier alpha value is -2.22. The first-order valence-electron chi connectivity index (χ1n) is 9.42. The molecule has 28 heavy (non-hydrogen) atoms. The molecule has 1 heterocycles. The summed E-state index contributed by atoms with van der Waals surface area (Å²) in [7, 11) is 0.145. The maximum absolute atomic E-state index is 12.9. The van der Waals surface area contributed by atoms with Crippen molar-refractivity contribution in [3.8, 4) is 0 Å². The van der Waals surface area contributed by atoms with E-state index in [2.05, 4.69) is 10.2 Å². The molecule has 0 aliphatic carbocycles. The number of sulfonamides is 1. The molecule has 7 heteroatoms. The molecule has 150 valence electrons. The molecule has 3 rings (SSSR count). The molecule has 0 bridgehead atoms. The van der Waals surface area contributed by atoms with Crippen LogP contribution in [-0.2, 0) is 10.0 Å². The predicted octanol–water partition coefficient (Wildman–Crippen LogP) is 2.96. The largest absolute Gasteiger partial charge is 0.322 e. The SMILES string of the molecule is Cc1ccc(C(=O)Nc2ccc(S(=O)(=O)N(C)C3CCN(C)CC3)cc2)cc1. The Bertz CT molecular complexity index is 916. The summed E-state index contributed by atoms with van der Waals surface area (Å²) in [6, 6.07) is 13.6. The molecule has 0 aromatic heterocycles. The Labute approximate surface area is 167 Å². The minimum atomic E-state index is -3.56. The first kappa shape index (κ1) is 20.5. The summed E-state index contributed by atoms with van der Waals surface area (Å²) in [5.74, 6) is -0.223. The van der Waals surface area contributed by atoms with E-state index in [1.165, 1.54) is 4.31 Å². The van der Waals surface area contributed by atoms with Crippen LogP contribution in [0, 0.1) is 6.92 Å². The van der Waals surface area contributed by atoms with Gasteiger partial charge in [-0.1, -0.05) is 17.7 Å². The van der Waals surface area contributed by atoms with E-state index in [4.69, 9.17) is 0 Å². The molecule has 1 aliphatic heterocycles. The van der Waals surface area contributed by atoms with Crippen molar-refractivity contribution in [3.63, 3.8) is 0 Å². The van der Waals surface area contributed by atoms with Gasteiger partial charge in [-0.05, 0) is 76.3 Å². The molecule has 1 amide bonds. The van der Waals surface area contributed by atoms with Crippen molar-refractivity contribution in [2.24, 2.45) is 0 Å². The summed E-state index contributed by atoms with van der Waals surface area (Å²) < 4.78 is 27.3. The Kier molecular flexibility index (Phi) is 6.17. The lowest BCUT2D eigenvalue weighted by Gasteiger charge is -2.34. The summed E-state index contributed by atoms with van der Waals surface area (Å²) in [6.45, 7) is 3.76. The van der Waals surface area contributed by atoms with Crippen molar-refractivity contribution in [1.29, 1.82) is 0 Å². The lowest BCUT2D eigenvalue weighted by atomic mass is 10.1. The Morgan fingerprint density at radius 3 is 2.18 bits per heavy atom. The molecule has 1 aliphatic rings. The van der Waals surface area contributed by atoms with Crippen LogP contribution in [0.3, 0.4) is 0 Å². The van der Waals surface area contributed by atoms with Crippen LogP contribution >= 0.6 is 0 Å². The van der Waals surface area contributed by atoms with E-state index >= 15 is 0 Å². The molecule has 1 N–H and O–H groups in total. The molecular formula is C21H27N3O3S. The number of anilines is 1. The molecule has 2 aromatic rings. The number of hydrogen-bond acceptors (Lipinski definition) is 4. The number of carbonyl (C=O) groups excluding carboxylic acids is 1. The minimum absolute atomic E-state index is 0.0158. The summed E-state index contributed by atoms with van der Waals surface area (Å²) in [5.41, 5.74) is 2.20. The van der Waals surface area contributed by atoms with Gasteiger partial charge in [0.15, 0.2) is 0 Å². The molecule has 6 nitrogen and oxygen atoms in total. The number of nitrogens with zero attached hydrogens (tertiary/aromatic N) is 2. The van der Waals surface area contributed by atoms with Crippen LogP contribution in [0.15, 0.2) is 53.4 Å². The molecule has 0 unspecified atom stereocenters. The van der Waals surface area contributed by atoms with Gasteiger partial charge in [-0.2, -0.15) is 4.31 Å². The van der Waals surface area contributed by atoms with Crippen molar-refractivity contribution in [3.05, 3.63) is 59.7 Å².